The smallest absolute Gasteiger partial charge is 0.323 e. The summed E-state index contributed by atoms with van der Waals surface area (Å²) in [5.41, 5.74) is 15.3. The number of nitrogens with two attached hydrogens (primary N) is 2. The molecule has 0 radical (unpaired) electrons. The van der Waals surface area contributed by atoms with Crippen LogP contribution in [0.1, 0.15) is 37.0 Å². The molecule has 0 aliphatic heterocycles. The standard InChI is InChI=1S/C25H31N5O3/c1-16(2)30(23(31)15-22(26)25(32)33-4)21-12-9-18(17(3)14-21)6-5-13-29-20-10-7-19(8-11-20)24(27)28/h7-12,14,16,22,29H,13,15,26H2,1-4H3,(H3,27,28). The number of aryl methyl sites for hydroxylation is 1. The number of hydrogen-bond acceptors (Lipinski definition) is 6. The Kier molecular flexibility index (Phi) is 9.01. The number of hydrogen-bond donors (Lipinski definition) is 4. The van der Waals surface area contributed by atoms with Crippen LogP contribution >= 0.6 is 0 Å². The van der Waals surface area contributed by atoms with Crippen LogP contribution in [0.15, 0.2) is 42.5 Å². The number of esters is 1. The van der Waals surface area contributed by atoms with Crippen LogP contribution in [0.5, 0.6) is 0 Å². The molecular formula is C25H31N5O3. The number of carbonyl (C=O) groups is 2. The number of nitrogen functional groups attached to an aromatic ring is 1. The van der Waals surface area contributed by atoms with Crippen molar-refractivity contribution in [1.29, 1.82) is 5.41 Å². The van der Waals surface area contributed by atoms with Gasteiger partial charge in [0.15, 0.2) is 0 Å². The summed E-state index contributed by atoms with van der Waals surface area (Å²) in [6.07, 6.45) is -0.134. The van der Waals surface area contributed by atoms with Gasteiger partial charge < -0.3 is 26.4 Å². The van der Waals surface area contributed by atoms with Crippen molar-refractivity contribution in [2.75, 3.05) is 23.9 Å². The van der Waals surface area contributed by atoms with E-state index in [2.05, 4.69) is 21.9 Å². The third-order valence-corrected chi connectivity index (χ3v) is 4.97. The van der Waals surface area contributed by atoms with Crippen molar-refractivity contribution in [2.45, 2.75) is 39.3 Å². The molecule has 1 atom stereocenters. The first-order valence-electron chi connectivity index (χ1n) is 10.6. The highest BCUT2D eigenvalue weighted by atomic mass is 16.5. The Bertz CT molecular complexity index is 1070. The summed E-state index contributed by atoms with van der Waals surface area (Å²) in [5.74, 6) is 5.40. The first-order valence-corrected chi connectivity index (χ1v) is 10.6. The Labute approximate surface area is 194 Å². The average Bonchev–Trinajstić information content (AvgIpc) is 2.77. The molecule has 8 nitrogen and oxygen atoms in total. The minimum atomic E-state index is -0.999. The molecule has 0 saturated heterocycles. The number of benzene rings is 2. The van der Waals surface area contributed by atoms with Crippen LogP contribution in [0.3, 0.4) is 0 Å². The first-order chi connectivity index (χ1) is 15.6. The van der Waals surface area contributed by atoms with Crippen molar-refractivity contribution in [1.82, 2.24) is 0 Å². The zero-order chi connectivity index (χ0) is 24.5. The molecule has 1 amide bonds. The number of carbonyl (C=O) groups excluding carboxylic acids is 2. The summed E-state index contributed by atoms with van der Waals surface area (Å²) >= 11 is 0. The second-order valence-electron chi connectivity index (χ2n) is 7.84. The van der Waals surface area contributed by atoms with Gasteiger partial charge in [0.2, 0.25) is 5.91 Å². The highest BCUT2D eigenvalue weighted by Crippen LogP contribution is 2.22. The summed E-state index contributed by atoms with van der Waals surface area (Å²) < 4.78 is 4.61. The minimum absolute atomic E-state index is 0.0318. The lowest BCUT2D eigenvalue weighted by Crippen LogP contribution is -2.43. The summed E-state index contributed by atoms with van der Waals surface area (Å²) in [5, 5.41) is 10.6. The number of nitrogens with zero attached hydrogens (tertiary/aromatic N) is 1. The van der Waals surface area contributed by atoms with Gasteiger partial charge in [-0.3, -0.25) is 15.0 Å². The molecule has 0 bridgehead atoms. The number of methoxy groups -OCH3 is 1. The van der Waals surface area contributed by atoms with Crippen molar-refractivity contribution in [2.24, 2.45) is 11.5 Å². The van der Waals surface area contributed by atoms with E-state index in [1.165, 1.54) is 7.11 Å². The van der Waals surface area contributed by atoms with E-state index in [0.29, 0.717) is 12.1 Å². The number of rotatable bonds is 8. The maximum absolute atomic E-state index is 12.8. The maximum Gasteiger partial charge on any atom is 0.323 e. The molecule has 0 saturated carbocycles. The Hall–Kier alpha value is -3.83. The van der Waals surface area contributed by atoms with E-state index in [1.807, 2.05) is 51.1 Å². The fourth-order valence-electron chi connectivity index (χ4n) is 3.24. The van der Waals surface area contributed by atoms with Gasteiger partial charge in [0.1, 0.15) is 11.9 Å². The maximum atomic E-state index is 12.8. The molecule has 2 rings (SSSR count). The van der Waals surface area contributed by atoms with Gasteiger partial charge in [-0.15, -0.1) is 0 Å². The SMILES string of the molecule is COC(=O)C(N)CC(=O)N(c1ccc(C#CCNc2ccc(C(=N)N)cc2)c(C)c1)C(C)C. The molecule has 6 N–H and O–H groups in total. The molecule has 174 valence electrons. The molecule has 0 aromatic heterocycles. The molecular weight excluding hydrogens is 418 g/mol. The predicted molar refractivity (Wildman–Crippen MR) is 131 cm³/mol. The van der Waals surface area contributed by atoms with Crippen LogP contribution in [0.4, 0.5) is 11.4 Å². The second kappa shape index (κ2) is 11.7. The lowest BCUT2D eigenvalue weighted by molar-refractivity contribution is -0.143. The third-order valence-electron chi connectivity index (χ3n) is 4.97. The molecule has 0 aliphatic carbocycles. The van der Waals surface area contributed by atoms with Crippen LogP contribution in [0.2, 0.25) is 0 Å². The van der Waals surface area contributed by atoms with Gasteiger partial charge in [-0.2, -0.15) is 0 Å². The monoisotopic (exact) mass is 449 g/mol. The fraction of sp³-hybridized carbons (Fsp3) is 0.320. The van der Waals surface area contributed by atoms with Gasteiger partial charge in [-0.1, -0.05) is 11.8 Å². The molecule has 0 aliphatic rings. The molecule has 8 heteroatoms. The largest absolute Gasteiger partial charge is 0.468 e. The normalized spacial score (nSPS) is 11.2. The number of ether oxygens (including phenoxy) is 1. The number of amides is 1. The molecule has 0 heterocycles. The van der Waals surface area contributed by atoms with Crippen molar-refractivity contribution in [3.63, 3.8) is 0 Å². The third kappa shape index (κ3) is 7.09. The fourth-order valence-corrected chi connectivity index (χ4v) is 3.24. The van der Waals surface area contributed by atoms with Crippen molar-refractivity contribution >= 4 is 29.1 Å². The van der Waals surface area contributed by atoms with Crippen molar-refractivity contribution < 1.29 is 14.3 Å². The van der Waals surface area contributed by atoms with Gasteiger partial charge >= 0.3 is 5.97 Å². The van der Waals surface area contributed by atoms with E-state index >= 15 is 0 Å². The first kappa shape index (κ1) is 25.4. The highest BCUT2D eigenvalue weighted by molar-refractivity contribution is 5.97. The van der Waals surface area contributed by atoms with Crippen molar-refractivity contribution in [3.05, 3.63) is 59.2 Å². The van der Waals surface area contributed by atoms with Gasteiger partial charge in [0.25, 0.3) is 0 Å². The van der Waals surface area contributed by atoms with E-state index < -0.39 is 12.0 Å². The van der Waals surface area contributed by atoms with E-state index in [1.54, 1.807) is 17.0 Å². The molecule has 2 aromatic carbocycles. The van der Waals surface area contributed by atoms with Gasteiger partial charge in [0.05, 0.1) is 20.1 Å². The van der Waals surface area contributed by atoms with Crippen LogP contribution in [0, 0.1) is 24.2 Å². The highest BCUT2D eigenvalue weighted by Gasteiger charge is 2.25. The lowest BCUT2D eigenvalue weighted by atomic mass is 10.1. The summed E-state index contributed by atoms with van der Waals surface area (Å²) in [6, 6.07) is 11.8. The molecule has 0 spiro atoms. The molecule has 0 fully saturated rings. The minimum Gasteiger partial charge on any atom is -0.468 e. The Morgan fingerprint density at radius 1 is 1.18 bits per heavy atom. The number of anilines is 2. The second-order valence-corrected chi connectivity index (χ2v) is 7.84. The van der Waals surface area contributed by atoms with Gasteiger partial charge in [-0.25, -0.2) is 0 Å². The predicted octanol–water partition coefficient (Wildman–Crippen LogP) is 2.37. The zero-order valence-corrected chi connectivity index (χ0v) is 19.4. The topological polar surface area (TPSA) is 135 Å². The van der Waals surface area contributed by atoms with Crippen LogP contribution in [-0.2, 0) is 14.3 Å². The van der Waals surface area contributed by atoms with Crippen LogP contribution < -0.4 is 21.7 Å². The van der Waals surface area contributed by atoms with Crippen LogP contribution in [-0.4, -0.2) is 43.5 Å². The summed E-state index contributed by atoms with van der Waals surface area (Å²) in [7, 11) is 1.25. The van der Waals surface area contributed by atoms with Gasteiger partial charge in [0, 0.05) is 28.5 Å². The summed E-state index contributed by atoms with van der Waals surface area (Å²) in [6.45, 7) is 6.19. The van der Waals surface area contributed by atoms with Crippen LogP contribution in [0.25, 0.3) is 0 Å². The molecule has 33 heavy (non-hydrogen) atoms. The Balaban J connectivity index is 2.07. The lowest BCUT2D eigenvalue weighted by Gasteiger charge is -2.28. The Morgan fingerprint density at radius 3 is 2.39 bits per heavy atom. The summed E-state index contributed by atoms with van der Waals surface area (Å²) in [4.78, 5) is 26.0. The average molecular weight is 450 g/mol. The number of nitrogens with one attached hydrogen (secondary N) is 2. The van der Waals surface area contributed by atoms with E-state index in [0.717, 1.165) is 22.5 Å². The number of amidine groups is 1. The Morgan fingerprint density at radius 2 is 1.85 bits per heavy atom. The van der Waals surface area contributed by atoms with E-state index in [4.69, 9.17) is 16.9 Å². The van der Waals surface area contributed by atoms with E-state index in [9.17, 15) is 9.59 Å². The van der Waals surface area contributed by atoms with Gasteiger partial charge in [-0.05, 0) is 68.8 Å². The zero-order valence-electron chi connectivity index (χ0n) is 19.4. The quantitative estimate of drug-likeness (QED) is 0.212. The molecule has 1 unspecified atom stereocenters. The van der Waals surface area contributed by atoms with E-state index in [-0.39, 0.29) is 24.2 Å². The van der Waals surface area contributed by atoms with Crippen molar-refractivity contribution in [3.8, 4) is 11.8 Å². The molecule has 2 aromatic rings.